The molecule has 0 radical (unpaired) electrons. The van der Waals surface area contributed by atoms with Gasteiger partial charge in [-0.2, -0.15) is 0 Å². The van der Waals surface area contributed by atoms with Crippen LogP contribution in [0, 0.1) is 17.8 Å². The highest BCUT2D eigenvalue weighted by atomic mass is 16.7. The number of fused-ring (bicyclic) bond motifs is 1. The summed E-state index contributed by atoms with van der Waals surface area (Å²) in [4.78, 5) is 30.8. The maximum atomic E-state index is 13.7. The number of carbonyl (C=O) groups excluding carboxylic acids is 2. The Hall–Kier alpha value is -3.16. The van der Waals surface area contributed by atoms with Gasteiger partial charge in [0.1, 0.15) is 12.3 Å². The molecule has 8 nitrogen and oxygen atoms in total. The summed E-state index contributed by atoms with van der Waals surface area (Å²) in [6.07, 6.45) is 8.82. The third kappa shape index (κ3) is 5.03. The van der Waals surface area contributed by atoms with Gasteiger partial charge < -0.3 is 29.0 Å². The van der Waals surface area contributed by atoms with Crippen LogP contribution in [0.1, 0.15) is 63.7 Å². The number of carbonyl (C=O) groups is 2. The van der Waals surface area contributed by atoms with Crippen molar-refractivity contribution in [1.29, 1.82) is 0 Å². The van der Waals surface area contributed by atoms with E-state index in [1.807, 2.05) is 44.2 Å². The van der Waals surface area contributed by atoms with Gasteiger partial charge >= 0.3 is 6.03 Å². The molecule has 37 heavy (non-hydrogen) atoms. The summed E-state index contributed by atoms with van der Waals surface area (Å²) in [6, 6.07) is 9.17. The van der Waals surface area contributed by atoms with Gasteiger partial charge in [-0.25, -0.2) is 4.79 Å². The highest BCUT2D eigenvalue weighted by molar-refractivity contribution is 5.84. The molecule has 4 aliphatic carbocycles. The average Bonchev–Trinajstić information content (AvgIpc) is 3.52. The fourth-order valence-corrected chi connectivity index (χ4v) is 7.38. The third-order valence-corrected chi connectivity index (χ3v) is 8.69. The van der Waals surface area contributed by atoms with Gasteiger partial charge in [0.15, 0.2) is 11.5 Å². The number of ether oxygens (including phenoxy) is 2. The summed E-state index contributed by atoms with van der Waals surface area (Å²) in [7, 11) is 0. The van der Waals surface area contributed by atoms with Crippen molar-refractivity contribution in [2.75, 3.05) is 13.3 Å². The van der Waals surface area contributed by atoms with Gasteiger partial charge in [0.25, 0.3) is 0 Å². The van der Waals surface area contributed by atoms with Crippen molar-refractivity contribution in [3.63, 3.8) is 0 Å². The van der Waals surface area contributed by atoms with Gasteiger partial charge in [-0.15, -0.1) is 0 Å². The number of benzene rings is 1. The Morgan fingerprint density at radius 1 is 1.00 bits per heavy atom. The minimum Gasteiger partial charge on any atom is -0.467 e. The summed E-state index contributed by atoms with van der Waals surface area (Å²) in [5.74, 6) is 4.19. The van der Waals surface area contributed by atoms with Crippen LogP contribution in [0.15, 0.2) is 41.0 Å². The van der Waals surface area contributed by atoms with Crippen LogP contribution in [0.5, 0.6) is 11.5 Å². The number of rotatable bonds is 8. The Kier molecular flexibility index (Phi) is 6.29. The Morgan fingerprint density at radius 2 is 1.70 bits per heavy atom. The van der Waals surface area contributed by atoms with E-state index in [0.717, 1.165) is 42.6 Å². The van der Waals surface area contributed by atoms with Gasteiger partial charge in [-0.3, -0.25) is 4.79 Å². The summed E-state index contributed by atoms with van der Waals surface area (Å²) >= 11 is 0. The van der Waals surface area contributed by atoms with E-state index in [0.29, 0.717) is 30.3 Å². The second-order valence-electron chi connectivity index (χ2n) is 11.9. The molecule has 2 heterocycles. The first kappa shape index (κ1) is 24.2. The van der Waals surface area contributed by atoms with Crippen LogP contribution in [0.4, 0.5) is 4.79 Å². The Bertz CT molecular complexity index is 1110. The molecular formula is C29H37N3O5. The number of hydrogen-bond donors (Lipinski definition) is 1. The standard InChI is InChI=1S/C29H37N3O5/c1-19(2)32(28(34)30-29-12-21-8-22(13-29)10-23(9-21)14-29)17-27(33)31(16-24-4-3-7-35-24)15-20-5-6-25-26(11-20)37-18-36-25/h3-7,11,19,21-23H,8-10,12-18H2,1-2H3,(H,30,34). The predicted molar refractivity (Wildman–Crippen MR) is 137 cm³/mol. The van der Waals surface area contributed by atoms with E-state index >= 15 is 0 Å². The summed E-state index contributed by atoms with van der Waals surface area (Å²) in [6.45, 7) is 4.86. The number of hydrogen-bond acceptors (Lipinski definition) is 5. The SMILES string of the molecule is CC(C)N(CC(=O)N(Cc1ccc2c(c1)OCO2)Cc1ccco1)C(=O)NC12CC3CC(CC(C3)C1)C2. The number of nitrogens with zero attached hydrogens (tertiary/aromatic N) is 2. The minimum atomic E-state index is -0.122. The molecule has 198 valence electrons. The average molecular weight is 508 g/mol. The molecule has 3 amide bonds. The highest BCUT2D eigenvalue weighted by Crippen LogP contribution is 2.55. The van der Waals surface area contributed by atoms with Gasteiger partial charge in [0, 0.05) is 18.1 Å². The van der Waals surface area contributed by atoms with E-state index in [1.54, 1.807) is 16.1 Å². The van der Waals surface area contributed by atoms with Crippen molar-refractivity contribution >= 4 is 11.9 Å². The highest BCUT2D eigenvalue weighted by Gasteiger charge is 2.52. The third-order valence-electron chi connectivity index (χ3n) is 8.69. The largest absolute Gasteiger partial charge is 0.467 e. The van der Waals surface area contributed by atoms with E-state index in [1.165, 1.54) is 19.3 Å². The molecule has 7 rings (SSSR count). The maximum Gasteiger partial charge on any atom is 0.318 e. The van der Waals surface area contributed by atoms with E-state index in [-0.39, 0.29) is 36.9 Å². The minimum absolute atomic E-state index is 0.0150. The molecule has 0 atom stereocenters. The lowest BCUT2D eigenvalue weighted by molar-refractivity contribution is -0.133. The molecule has 1 aromatic heterocycles. The molecule has 2 aromatic rings. The second kappa shape index (κ2) is 9.62. The Labute approximate surface area is 218 Å². The smallest absolute Gasteiger partial charge is 0.318 e. The van der Waals surface area contributed by atoms with Crippen LogP contribution in [0.2, 0.25) is 0 Å². The van der Waals surface area contributed by atoms with Crippen molar-refractivity contribution in [3.05, 3.63) is 47.9 Å². The van der Waals surface area contributed by atoms with Crippen LogP contribution in [0.25, 0.3) is 0 Å². The molecule has 0 spiro atoms. The molecule has 4 bridgehead atoms. The van der Waals surface area contributed by atoms with Gasteiger partial charge in [-0.1, -0.05) is 6.07 Å². The molecule has 8 heteroatoms. The molecule has 0 unspecified atom stereocenters. The van der Waals surface area contributed by atoms with E-state index in [9.17, 15) is 9.59 Å². The Balaban J connectivity index is 1.17. The first-order valence-electron chi connectivity index (χ1n) is 13.6. The molecule has 1 N–H and O–H groups in total. The van der Waals surface area contributed by atoms with Crippen LogP contribution >= 0.6 is 0 Å². The number of nitrogens with one attached hydrogen (secondary N) is 1. The van der Waals surface area contributed by atoms with Crippen molar-refractivity contribution in [1.82, 2.24) is 15.1 Å². The molecule has 5 aliphatic rings. The lowest BCUT2D eigenvalue weighted by atomic mass is 9.53. The lowest BCUT2D eigenvalue weighted by Gasteiger charge is -2.57. The van der Waals surface area contributed by atoms with Crippen LogP contribution in [-0.2, 0) is 17.9 Å². The normalized spacial score (nSPS) is 26.9. The van der Waals surface area contributed by atoms with Crippen molar-refractivity contribution in [2.45, 2.75) is 77.0 Å². The summed E-state index contributed by atoms with van der Waals surface area (Å²) in [5, 5.41) is 3.44. The van der Waals surface area contributed by atoms with Gasteiger partial charge in [-0.05, 0) is 100.0 Å². The summed E-state index contributed by atoms with van der Waals surface area (Å²) < 4.78 is 16.5. The van der Waals surface area contributed by atoms with Crippen LogP contribution in [-0.4, -0.2) is 46.7 Å². The molecule has 1 aliphatic heterocycles. The van der Waals surface area contributed by atoms with Crippen molar-refractivity contribution in [3.8, 4) is 11.5 Å². The molecule has 4 fully saturated rings. The van der Waals surface area contributed by atoms with E-state index < -0.39 is 0 Å². The topological polar surface area (TPSA) is 84.2 Å². The van der Waals surface area contributed by atoms with E-state index in [4.69, 9.17) is 13.9 Å². The zero-order valence-electron chi connectivity index (χ0n) is 21.8. The van der Waals surface area contributed by atoms with Crippen molar-refractivity contribution in [2.24, 2.45) is 17.8 Å². The Morgan fingerprint density at radius 3 is 2.35 bits per heavy atom. The quantitative estimate of drug-likeness (QED) is 0.548. The fourth-order valence-electron chi connectivity index (χ4n) is 7.38. The monoisotopic (exact) mass is 507 g/mol. The van der Waals surface area contributed by atoms with Gasteiger partial charge in [0.2, 0.25) is 12.7 Å². The molecular weight excluding hydrogens is 470 g/mol. The zero-order valence-corrected chi connectivity index (χ0v) is 21.8. The van der Waals surface area contributed by atoms with Crippen molar-refractivity contribution < 1.29 is 23.5 Å². The predicted octanol–water partition coefficient (Wildman–Crippen LogP) is 4.93. The molecule has 0 saturated heterocycles. The molecule has 1 aromatic carbocycles. The maximum absolute atomic E-state index is 13.7. The van der Waals surface area contributed by atoms with E-state index in [2.05, 4.69) is 5.32 Å². The lowest BCUT2D eigenvalue weighted by Crippen LogP contribution is -2.63. The first-order valence-corrected chi connectivity index (χ1v) is 13.6. The fraction of sp³-hybridized carbons (Fsp3) is 0.586. The zero-order chi connectivity index (χ0) is 25.6. The number of urea groups is 1. The first-order chi connectivity index (χ1) is 17.9. The van der Waals surface area contributed by atoms with Crippen LogP contribution < -0.4 is 14.8 Å². The number of furan rings is 1. The summed E-state index contributed by atoms with van der Waals surface area (Å²) in [5.41, 5.74) is 0.834. The van der Waals surface area contributed by atoms with Gasteiger partial charge in [0.05, 0.1) is 12.8 Å². The van der Waals surface area contributed by atoms with Crippen LogP contribution in [0.3, 0.4) is 0 Å². The second-order valence-corrected chi connectivity index (χ2v) is 11.9. The molecule has 4 saturated carbocycles. The number of amides is 3.